The van der Waals surface area contributed by atoms with Gasteiger partial charge < -0.3 is 14.1 Å². The van der Waals surface area contributed by atoms with E-state index in [1.54, 1.807) is 35.2 Å². The zero-order valence-electron chi connectivity index (χ0n) is 17.6. The Kier molecular flexibility index (Phi) is 7.17. The van der Waals surface area contributed by atoms with E-state index in [9.17, 15) is 14.9 Å². The number of nitro benzene ring substituents is 1. The number of ether oxygens (including phenoxy) is 1. The molecule has 1 aromatic heterocycles. The molecule has 0 saturated carbocycles. The molecule has 1 aliphatic heterocycles. The topological polar surface area (TPSA) is 89.1 Å². The van der Waals surface area contributed by atoms with Gasteiger partial charge in [-0.3, -0.25) is 19.8 Å². The van der Waals surface area contributed by atoms with E-state index in [1.807, 2.05) is 12.1 Å². The fourth-order valence-electron chi connectivity index (χ4n) is 3.61. The third-order valence-electron chi connectivity index (χ3n) is 5.35. The SMILES string of the molecule is O=C(c1ccc(COc2ccccc2[N+](=O)[O-])o1)N1CCN(Cc2ccc(Cl)c(Cl)c2)CC1. The summed E-state index contributed by atoms with van der Waals surface area (Å²) in [7, 11) is 0. The molecule has 2 aromatic carbocycles. The van der Waals surface area contributed by atoms with Gasteiger partial charge in [-0.05, 0) is 35.9 Å². The average Bonchev–Trinajstić information content (AvgIpc) is 3.29. The zero-order valence-corrected chi connectivity index (χ0v) is 19.1. The number of carbonyl (C=O) groups excluding carboxylic acids is 1. The molecular weight excluding hydrogens is 469 g/mol. The minimum atomic E-state index is -0.506. The molecule has 0 radical (unpaired) electrons. The van der Waals surface area contributed by atoms with Crippen LogP contribution in [0.15, 0.2) is 59.0 Å². The van der Waals surface area contributed by atoms with Gasteiger partial charge in [0.05, 0.1) is 15.0 Å². The van der Waals surface area contributed by atoms with Crippen molar-refractivity contribution >= 4 is 34.8 Å². The van der Waals surface area contributed by atoms with Crippen LogP contribution in [0.5, 0.6) is 5.75 Å². The molecule has 0 aliphatic carbocycles. The molecule has 2 heterocycles. The summed E-state index contributed by atoms with van der Waals surface area (Å²) in [6.07, 6.45) is 0. The van der Waals surface area contributed by atoms with Crippen LogP contribution in [0.3, 0.4) is 0 Å². The van der Waals surface area contributed by atoms with Crippen molar-refractivity contribution in [1.29, 1.82) is 0 Å². The third kappa shape index (κ3) is 5.65. The second kappa shape index (κ2) is 10.2. The third-order valence-corrected chi connectivity index (χ3v) is 6.09. The smallest absolute Gasteiger partial charge is 0.310 e. The highest BCUT2D eigenvalue weighted by Crippen LogP contribution is 2.27. The van der Waals surface area contributed by atoms with Crippen molar-refractivity contribution in [1.82, 2.24) is 9.80 Å². The van der Waals surface area contributed by atoms with Crippen LogP contribution in [0.4, 0.5) is 5.69 Å². The summed E-state index contributed by atoms with van der Waals surface area (Å²) < 4.78 is 11.2. The number of nitrogens with zero attached hydrogens (tertiary/aromatic N) is 3. The van der Waals surface area contributed by atoms with Gasteiger partial charge >= 0.3 is 5.69 Å². The fourth-order valence-corrected chi connectivity index (χ4v) is 3.93. The molecule has 0 N–H and O–H groups in total. The number of halogens is 2. The first-order valence-corrected chi connectivity index (χ1v) is 11.1. The maximum atomic E-state index is 12.8. The molecule has 3 aromatic rings. The van der Waals surface area contributed by atoms with Crippen LogP contribution in [0.2, 0.25) is 10.0 Å². The van der Waals surface area contributed by atoms with E-state index in [4.69, 9.17) is 32.4 Å². The molecule has 0 atom stereocenters. The summed E-state index contributed by atoms with van der Waals surface area (Å²) in [6, 6.07) is 14.9. The normalized spacial score (nSPS) is 14.3. The zero-order chi connectivity index (χ0) is 23.4. The van der Waals surface area contributed by atoms with Crippen molar-refractivity contribution in [2.45, 2.75) is 13.2 Å². The Bertz CT molecular complexity index is 1160. The lowest BCUT2D eigenvalue weighted by molar-refractivity contribution is -0.386. The van der Waals surface area contributed by atoms with Gasteiger partial charge in [-0.2, -0.15) is 0 Å². The molecule has 10 heteroatoms. The summed E-state index contributed by atoms with van der Waals surface area (Å²) in [6.45, 7) is 3.30. The second-order valence-electron chi connectivity index (χ2n) is 7.60. The van der Waals surface area contributed by atoms with E-state index in [1.165, 1.54) is 12.1 Å². The molecule has 33 heavy (non-hydrogen) atoms. The first kappa shape index (κ1) is 23.1. The predicted octanol–water partition coefficient (Wildman–Crippen LogP) is 5.03. The highest BCUT2D eigenvalue weighted by atomic mass is 35.5. The number of carbonyl (C=O) groups is 1. The molecule has 0 bridgehead atoms. The monoisotopic (exact) mass is 489 g/mol. The van der Waals surface area contributed by atoms with Crippen molar-refractivity contribution in [2.75, 3.05) is 26.2 Å². The van der Waals surface area contributed by atoms with Gasteiger partial charge in [0.1, 0.15) is 12.4 Å². The number of furan rings is 1. The predicted molar refractivity (Wildman–Crippen MR) is 124 cm³/mol. The first-order valence-electron chi connectivity index (χ1n) is 10.3. The van der Waals surface area contributed by atoms with E-state index in [0.717, 1.165) is 25.2 Å². The number of amides is 1. The van der Waals surface area contributed by atoms with E-state index in [2.05, 4.69) is 4.90 Å². The molecule has 1 saturated heterocycles. The highest BCUT2D eigenvalue weighted by molar-refractivity contribution is 6.42. The summed E-state index contributed by atoms with van der Waals surface area (Å²) in [5.74, 6) is 0.579. The van der Waals surface area contributed by atoms with E-state index in [-0.39, 0.29) is 29.7 Å². The Balaban J connectivity index is 1.30. The van der Waals surface area contributed by atoms with Gasteiger partial charge in [0.25, 0.3) is 5.91 Å². The van der Waals surface area contributed by atoms with Crippen molar-refractivity contribution in [2.24, 2.45) is 0 Å². The molecule has 8 nitrogen and oxygen atoms in total. The average molecular weight is 490 g/mol. The maximum Gasteiger partial charge on any atom is 0.310 e. The molecule has 0 spiro atoms. The van der Waals surface area contributed by atoms with Gasteiger partial charge in [-0.25, -0.2) is 0 Å². The second-order valence-corrected chi connectivity index (χ2v) is 8.41. The van der Waals surface area contributed by atoms with Gasteiger partial charge in [-0.15, -0.1) is 0 Å². The highest BCUT2D eigenvalue weighted by Gasteiger charge is 2.24. The molecular formula is C23H21Cl2N3O5. The Morgan fingerprint density at radius 3 is 2.52 bits per heavy atom. The summed E-state index contributed by atoms with van der Waals surface area (Å²) in [4.78, 5) is 27.4. The molecule has 1 amide bonds. The van der Waals surface area contributed by atoms with Crippen molar-refractivity contribution < 1.29 is 18.9 Å². The number of hydrogen-bond acceptors (Lipinski definition) is 6. The number of benzene rings is 2. The summed E-state index contributed by atoms with van der Waals surface area (Å²) in [5, 5.41) is 12.2. The van der Waals surface area contributed by atoms with Crippen LogP contribution in [0, 0.1) is 10.1 Å². The Morgan fingerprint density at radius 1 is 1.03 bits per heavy atom. The largest absolute Gasteiger partial charge is 0.479 e. The van der Waals surface area contributed by atoms with Crippen LogP contribution in [0.25, 0.3) is 0 Å². The lowest BCUT2D eigenvalue weighted by atomic mass is 10.2. The van der Waals surface area contributed by atoms with Crippen molar-refractivity contribution in [3.63, 3.8) is 0 Å². The van der Waals surface area contributed by atoms with Crippen molar-refractivity contribution in [3.8, 4) is 5.75 Å². The Morgan fingerprint density at radius 2 is 1.79 bits per heavy atom. The Hall–Kier alpha value is -3.07. The van der Waals surface area contributed by atoms with E-state index in [0.29, 0.717) is 28.9 Å². The minimum absolute atomic E-state index is 0.0183. The van der Waals surface area contributed by atoms with Crippen LogP contribution in [0.1, 0.15) is 21.9 Å². The Labute approximate surface area is 200 Å². The van der Waals surface area contributed by atoms with Gasteiger partial charge in [-0.1, -0.05) is 41.4 Å². The number of piperazine rings is 1. The van der Waals surface area contributed by atoms with Gasteiger partial charge in [0, 0.05) is 38.8 Å². The number of hydrogen-bond donors (Lipinski definition) is 0. The number of rotatable bonds is 7. The molecule has 4 rings (SSSR count). The molecule has 1 fully saturated rings. The summed E-state index contributed by atoms with van der Waals surface area (Å²) >= 11 is 12.1. The lowest BCUT2D eigenvalue weighted by Crippen LogP contribution is -2.48. The minimum Gasteiger partial charge on any atom is -0.479 e. The molecule has 0 unspecified atom stereocenters. The number of para-hydroxylation sites is 2. The van der Waals surface area contributed by atoms with Crippen LogP contribution < -0.4 is 4.74 Å². The van der Waals surface area contributed by atoms with E-state index < -0.39 is 4.92 Å². The standard InChI is InChI=1S/C23H21Cl2N3O5/c24-18-7-5-16(13-19(18)25)14-26-9-11-27(12-10-26)23(29)22-8-6-17(33-22)15-32-21-4-2-1-3-20(21)28(30)31/h1-8,13H,9-12,14-15H2. The van der Waals surface area contributed by atoms with Crippen LogP contribution in [-0.4, -0.2) is 46.8 Å². The van der Waals surface area contributed by atoms with Crippen LogP contribution >= 0.6 is 23.2 Å². The fraction of sp³-hybridized carbons (Fsp3) is 0.261. The lowest BCUT2D eigenvalue weighted by Gasteiger charge is -2.34. The summed E-state index contributed by atoms with van der Waals surface area (Å²) in [5.41, 5.74) is 0.942. The van der Waals surface area contributed by atoms with Crippen LogP contribution in [-0.2, 0) is 13.2 Å². The van der Waals surface area contributed by atoms with E-state index >= 15 is 0 Å². The molecule has 172 valence electrons. The maximum absolute atomic E-state index is 12.8. The number of nitro groups is 1. The quantitative estimate of drug-likeness (QED) is 0.341. The van der Waals surface area contributed by atoms with Crippen molar-refractivity contribution in [3.05, 3.63) is 91.8 Å². The molecule has 1 aliphatic rings. The van der Waals surface area contributed by atoms with Gasteiger partial charge in [0.15, 0.2) is 11.5 Å². The van der Waals surface area contributed by atoms with Gasteiger partial charge in [0.2, 0.25) is 0 Å². The first-order chi connectivity index (χ1) is 15.9.